The highest BCUT2D eigenvalue weighted by Gasteiger charge is 2.20. The van der Waals surface area contributed by atoms with Crippen LogP contribution >= 0.6 is 0 Å². The highest BCUT2D eigenvalue weighted by atomic mass is 16.7. The van der Waals surface area contributed by atoms with Gasteiger partial charge in [0.1, 0.15) is 17.2 Å². The van der Waals surface area contributed by atoms with E-state index in [2.05, 4.69) is 13.8 Å². The molecule has 0 amide bonds. The van der Waals surface area contributed by atoms with Crippen molar-refractivity contribution in [3.63, 3.8) is 0 Å². The third-order valence-electron chi connectivity index (χ3n) is 5.90. The summed E-state index contributed by atoms with van der Waals surface area (Å²) < 4.78 is 24.8. The molecule has 1 saturated carbocycles. The van der Waals surface area contributed by atoms with Gasteiger partial charge in [-0.25, -0.2) is 0 Å². The number of hydrogen-bond donors (Lipinski definition) is 0. The summed E-state index contributed by atoms with van der Waals surface area (Å²) in [6.07, 6.45) is 5.38. The van der Waals surface area contributed by atoms with Crippen LogP contribution in [0.15, 0.2) is 72.8 Å². The fourth-order valence-corrected chi connectivity index (χ4v) is 4.07. The van der Waals surface area contributed by atoms with Gasteiger partial charge in [0.15, 0.2) is 6.29 Å². The standard InChI is InChI=1S/C29H34O4/c1-21-12-16-26(17-13-21)32-29(33-27-18-14-22(2)15-19-27)24-8-7-11-28(20-24)31-23(3)30-25-9-5-4-6-10-25/h7-8,11-20,23,25,29H,4-6,9-10H2,1-3H3. The molecule has 33 heavy (non-hydrogen) atoms. The fraction of sp³-hybridized carbons (Fsp3) is 0.379. The molecule has 4 nitrogen and oxygen atoms in total. The Labute approximate surface area is 197 Å². The maximum Gasteiger partial charge on any atom is 0.267 e. The zero-order valence-electron chi connectivity index (χ0n) is 19.8. The maximum atomic E-state index is 6.26. The van der Waals surface area contributed by atoms with Crippen LogP contribution in [-0.2, 0) is 4.74 Å². The SMILES string of the molecule is Cc1ccc(OC(Oc2ccc(C)cc2)c2cccc(OC(C)OC3CCCCC3)c2)cc1. The van der Waals surface area contributed by atoms with E-state index in [1.54, 1.807) is 0 Å². The smallest absolute Gasteiger partial charge is 0.267 e. The van der Waals surface area contributed by atoms with Crippen molar-refractivity contribution in [3.05, 3.63) is 89.5 Å². The lowest BCUT2D eigenvalue weighted by molar-refractivity contribution is -0.117. The zero-order valence-corrected chi connectivity index (χ0v) is 19.8. The van der Waals surface area contributed by atoms with Crippen LogP contribution in [0.1, 0.15) is 62.0 Å². The van der Waals surface area contributed by atoms with Gasteiger partial charge in [-0.1, -0.05) is 66.8 Å². The van der Waals surface area contributed by atoms with Crippen LogP contribution in [0.2, 0.25) is 0 Å². The Morgan fingerprint density at radius 1 is 0.667 bits per heavy atom. The van der Waals surface area contributed by atoms with Crippen LogP contribution in [0.25, 0.3) is 0 Å². The van der Waals surface area contributed by atoms with E-state index < -0.39 is 6.29 Å². The summed E-state index contributed by atoms with van der Waals surface area (Å²) in [5.41, 5.74) is 3.24. The number of ether oxygens (including phenoxy) is 4. The Morgan fingerprint density at radius 2 is 1.24 bits per heavy atom. The summed E-state index contributed by atoms with van der Waals surface area (Å²) in [7, 11) is 0. The molecule has 0 heterocycles. The first-order valence-corrected chi connectivity index (χ1v) is 11.9. The van der Waals surface area contributed by atoms with Gasteiger partial charge in [-0.2, -0.15) is 0 Å². The molecule has 0 aromatic heterocycles. The normalized spacial score (nSPS) is 15.3. The molecule has 4 heteroatoms. The largest absolute Gasteiger partial charge is 0.465 e. The van der Waals surface area contributed by atoms with Crippen LogP contribution in [0.3, 0.4) is 0 Å². The molecule has 174 valence electrons. The summed E-state index contributed by atoms with van der Waals surface area (Å²) in [5, 5.41) is 0. The van der Waals surface area contributed by atoms with E-state index in [1.807, 2.05) is 79.7 Å². The van der Waals surface area contributed by atoms with E-state index in [9.17, 15) is 0 Å². The molecule has 1 fully saturated rings. The lowest BCUT2D eigenvalue weighted by atomic mass is 9.98. The van der Waals surface area contributed by atoms with Gasteiger partial charge in [0.05, 0.1) is 6.10 Å². The lowest BCUT2D eigenvalue weighted by Gasteiger charge is -2.26. The predicted molar refractivity (Wildman–Crippen MR) is 131 cm³/mol. The maximum absolute atomic E-state index is 6.26. The van der Waals surface area contributed by atoms with Gasteiger partial charge in [0.2, 0.25) is 0 Å². The molecule has 4 rings (SSSR count). The molecule has 0 aliphatic heterocycles. The van der Waals surface area contributed by atoms with Gasteiger partial charge in [-0.15, -0.1) is 0 Å². The molecule has 3 aromatic rings. The van der Waals surface area contributed by atoms with E-state index in [0.29, 0.717) is 6.10 Å². The van der Waals surface area contributed by atoms with E-state index in [1.165, 1.54) is 30.4 Å². The lowest BCUT2D eigenvalue weighted by Crippen LogP contribution is -2.26. The Hall–Kier alpha value is -2.98. The fourth-order valence-electron chi connectivity index (χ4n) is 4.07. The van der Waals surface area contributed by atoms with Crippen molar-refractivity contribution < 1.29 is 18.9 Å². The predicted octanol–water partition coefficient (Wildman–Crippen LogP) is 7.53. The molecular formula is C29H34O4. The minimum absolute atomic E-state index is 0.291. The van der Waals surface area contributed by atoms with Crippen LogP contribution in [0, 0.1) is 13.8 Å². The van der Waals surface area contributed by atoms with E-state index >= 15 is 0 Å². The van der Waals surface area contributed by atoms with Crippen LogP contribution in [0.4, 0.5) is 0 Å². The highest BCUT2D eigenvalue weighted by molar-refractivity contribution is 5.33. The van der Waals surface area contributed by atoms with Crippen LogP contribution < -0.4 is 14.2 Å². The molecule has 0 bridgehead atoms. The molecule has 1 unspecified atom stereocenters. The highest BCUT2D eigenvalue weighted by Crippen LogP contribution is 2.29. The van der Waals surface area contributed by atoms with Crippen molar-refractivity contribution in [3.8, 4) is 17.2 Å². The van der Waals surface area contributed by atoms with Crippen molar-refractivity contribution in [1.29, 1.82) is 0 Å². The second-order valence-electron chi connectivity index (χ2n) is 8.85. The summed E-state index contributed by atoms with van der Waals surface area (Å²) >= 11 is 0. The van der Waals surface area contributed by atoms with Crippen molar-refractivity contribution in [2.24, 2.45) is 0 Å². The minimum atomic E-state index is -0.617. The molecule has 0 spiro atoms. The number of rotatable bonds is 9. The molecule has 1 aliphatic rings. The summed E-state index contributed by atoms with van der Waals surface area (Å²) in [5.74, 6) is 2.23. The second-order valence-corrected chi connectivity index (χ2v) is 8.85. The Kier molecular flexibility index (Phi) is 7.90. The average molecular weight is 447 g/mol. The quantitative estimate of drug-likeness (QED) is 0.318. The summed E-state index contributed by atoms with van der Waals surface area (Å²) in [6, 6.07) is 23.8. The topological polar surface area (TPSA) is 36.9 Å². The first-order valence-electron chi connectivity index (χ1n) is 11.9. The number of benzene rings is 3. The van der Waals surface area contributed by atoms with Crippen molar-refractivity contribution >= 4 is 0 Å². The van der Waals surface area contributed by atoms with Gasteiger partial charge < -0.3 is 18.9 Å². The molecule has 0 saturated heterocycles. The first kappa shape index (κ1) is 23.2. The third-order valence-corrected chi connectivity index (χ3v) is 5.90. The van der Waals surface area contributed by atoms with Gasteiger partial charge in [0, 0.05) is 5.56 Å². The number of hydrogen-bond acceptors (Lipinski definition) is 4. The zero-order chi connectivity index (χ0) is 23.0. The van der Waals surface area contributed by atoms with Gasteiger partial charge in [-0.05, 0) is 70.0 Å². The van der Waals surface area contributed by atoms with Gasteiger partial charge in [-0.3, -0.25) is 0 Å². The van der Waals surface area contributed by atoms with E-state index in [-0.39, 0.29) is 6.29 Å². The Bertz CT molecular complexity index is 943. The average Bonchev–Trinajstić information content (AvgIpc) is 2.82. The van der Waals surface area contributed by atoms with Gasteiger partial charge >= 0.3 is 0 Å². The minimum Gasteiger partial charge on any atom is -0.465 e. The molecule has 1 aliphatic carbocycles. The van der Waals surface area contributed by atoms with Crippen molar-refractivity contribution in [2.45, 2.75) is 71.6 Å². The molecule has 0 N–H and O–H groups in total. The first-order chi connectivity index (χ1) is 16.0. The van der Waals surface area contributed by atoms with E-state index in [0.717, 1.165) is 35.7 Å². The Balaban J connectivity index is 1.50. The molecule has 1 atom stereocenters. The van der Waals surface area contributed by atoms with Crippen molar-refractivity contribution in [1.82, 2.24) is 0 Å². The molecular weight excluding hydrogens is 412 g/mol. The summed E-state index contributed by atoms with van der Waals surface area (Å²) in [6.45, 7) is 6.08. The van der Waals surface area contributed by atoms with E-state index in [4.69, 9.17) is 18.9 Å². The third kappa shape index (κ3) is 7.00. The Morgan fingerprint density at radius 3 is 1.82 bits per heavy atom. The molecule has 0 radical (unpaired) electrons. The van der Waals surface area contributed by atoms with Gasteiger partial charge in [0.25, 0.3) is 6.29 Å². The summed E-state index contributed by atoms with van der Waals surface area (Å²) in [4.78, 5) is 0. The number of aryl methyl sites for hydroxylation is 2. The van der Waals surface area contributed by atoms with Crippen LogP contribution in [0.5, 0.6) is 17.2 Å². The van der Waals surface area contributed by atoms with Crippen LogP contribution in [-0.4, -0.2) is 12.4 Å². The van der Waals surface area contributed by atoms with Crippen molar-refractivity contribution in [2.75, 3.05) is 0 Å². The second kappa shape index (κ2) is 11.2. The molecule has 3 aromatic carbocycles. The monoisotopic (exact) mass is 446 g/mol.